The molecule has 4 aromatic rings. The molecule has 0 saturated carbocycles. The van der Waals surface area contributed by atoms with Gasteiger partial charge >= 0.3 is 0 Å². The molecule has 35 heavy (non-hydrogen) atoms. The Morgan fingerprint density at radius 1 is 0.886 bits per heavy atom. The first-order chi connectivity index (χ1) is 17.2. The van der Waals surface area contributed by atoms with Crippen molar-refractivity contribution in [3.63, 3.8) is 0 Å². The summed E-state index contributed by atoms with van der Waals surface area (Å²) in [6.45, 7) is 2.47. The molecule has 1 saturated heterocycles. The van der Waals surface area contributed by atoms with Gasteiger partial charge in [0.25, 0.3) is 5.56 Å². The molecule has 1 aliphatic heterocycles. The van der Waals surface area contributed by atoms with Crippen LogP contribution in [0.3, 0.4) is 0 Å². The molecule has 6 rings (SSSR count). The van der Waals surface area contributed by atoms with E-state index in [1.807, 2.05) is 42.5 Å². The van der Waals surface area contributed by atoms with Crippen molar-refractivity contribution in [2.45, 2.75) is 25.8 Å². The highest BCUT2D eigenvalue weighted by Crippen LogP contribution is 2.26. The zero-order chi connectivity index (χ0) is 23.8. The molecule has 0 unspecified atom stereocenters. The number of amides is 1. The minimum atomic E-state index is -0.283. The van der Waals surface area contributed by atoms with E-state index in [1.165, 1.54) is 16.3 Å². The minimum absolute atomic E-state index is 0.0733. The predicted octanol–water partition coefficient (Wildman–Crippen LogP) is 2.69. The molecule has 0 bridgehead atoms. The van der Waals surface area contributed by atoms with Gasteiger partial charge in [0, 0.05) is 37.8 Å². The molecule has 0 spiro atoms. The van der Waals surface area contributed by atoms with Crippen molar-refractivity contribution in [1.29, 1.82) is 0 Å². The number of carbonyl (C=O) groups excluding carboxylic acids is 1. The van der Waals surface area contributed by atoms with E-state index in [0.29, 0.717) is 31.9 Å². The third kappa shape index (κ3) is 4.16. The first-order valence-corrected chi connectivity index (χ1v) is 12.1. The Kier molecular flexibility index (Phi) is 5.48. The molecule has 0 N–H and O–H groups in total. The lowest BCUT2D eigenvalue weighted by atomic mass is 10.0. The molecule has 0 atom stereocenters. The van der Waals surface area contributed by atoms with Crippen molar-refractivity contribution >= 4 is 22.5 Å². The second kappa shape index (κ2) is 8.94. The lowest BCUT2D eigenvalue weighted by Gasteiger charge is -2.35. The van der Waals surface area contributed by atoms with E-state index in [4.69, 9.17) is 0 Å². The van der Waals surface area contributed by atoms with Gasteiger partial charge in [0.05, 0.1) is 11.4 Å². The SMILES string of the molecule is O=C(Cn1nc(-c2cccc3ccccc23)ccc1=O)N1CCN(c2cc3c(nn2)CCC3)CC1. The maximum atomic E-state index is 13.1. The molecule has 8 heteroatoms. The van der Waals surface area contributed by atoms with Crippen molar-refractivity contribution in [2.24, 2.45) is 0 Å². The van der Waals surface area contributed by atoms with E-state index in [0.717, 1.165) is 47.1 Å². The number of piperazine rings is 1. The monoisotopic (exact) mass is 466 g/mol. The number of aryl methyl sites for hydroxylation is 2. The van der Waals surface area contributed by atoms with E-state index >= 15 is 0 Å². The number of carbonyl (C=O) groups is 1. The second-order valence-corrected chi connectivity index (χ2v) is 9.14. The summed E-state index contributed by atoms with van der Waals surface area (Å²) in [6, 6.07) is 19.4. The zero-order valence-electron chi connectivity index (χ0n) is 19.4. The number of fused-ring (bicyclic) bond motifs is 2. The molecule has 1 aliphatic carbocycles. The molecular formula is C27H26N6O2. The van der Waals surface area contributed by atoms with Gasteiger partial charge in [-0.15, -0.1) is 5.10 Å². The van der Waals surface area contributed by atoms with Crippen molar-refractivity contribution in [3.8, 4) is 11.3 Å². The lowest BCUT2D eigenvalue weighted by molar-refractivity contribution is -0.132. The largest absolute Gasteiger partial charge is 0.352 e. The summed E-state index contributed by atoms with van der Waals surface area (Å²) < 4.78 is 1.28. The molecule has 3 heterocycles. The molecule has 176 valence electrons. The highest BCUT2D eigenvalue weighted by Gasteiger charge is 2.24. The molecule has 1 fully saturated rings. The Bertz CT molecular complexity index is 1470. The van der Waals surface area contributed by atoms with Crippen LogP contribution in [0.2, 0.25) is 0 Å². The fraction of sp³-hybridized carbons (Fsp3) is 0.296. The normalized spacial score (nSPS) is 15.4. The summed E-state index contributed by atoms with van der Waals surface area (Å²) in [6.07, 6.45) is 3.22. The third-order valence-electron chi connectivity index (χ3n) is 6.98. The van der Waals surface area contributed by atoms with Gasteiger partial charge < -0.3 is 9.80 Å². The van der Waals surface area contributed by atoms with Crippen molar-refractivity contribution < 1.29 is 4.79 Å². The summed E-state index contributed by atoms with van der Waals surface area (Å²) >= 11 is 0. The minimum Gasteiger partial charge on any atom is -0.352 e. The van der Waals surface area contributed by atoms with Gasteiger partial charge in [-0.05, 0) is 47.7 Å². The molecule has 1 amide bonds. The van der Waals surface area contributed by atoms with Crippen molar-refractivity contribution in [2.75, 3.05) is 31.1 Å². The smallest absolute Gasteiger partial charge is 0.267 e. The van der Waals surface area contributed by atoms with Crippen LogP contribution in [0.5, 0.6) is 0 Å². The van der Waals surface area contributed by atoms with Crippen LogP contribution in [0.1, 0.15) is 17.7 Å². The number of hydrogen-bond acceptors (Lipinski definition) is 6. The maximum Gasteiger partial charge on any atom is 0.267 e. The van der Waals surface area contributed by atoms with E-state index in [9.17, 15) is 9.59 Å². The second-order valence-electron chi connectivity index (χ2n) is 9.14. The summed E-state index contributed by atoms with van der Waals surface area (Å²) in [5, 5.41) is 15.5. The highest BCUT2D eigenvalue weighted by molar-refractivity contribution is 5.95. The first-order valence-electron chi connectivity index (χ1n) is 12.1. The van der Waals surface area contributed by atoms with Gasteiger partial charge in [-0.25, -0.2) is 4.68 Å². The quantitative estimate of drug-likeness (QED) is 0.460. The Balaban J connectivity index is 1.16. The Hall–Kier alpha value is -4.07. The van der Waals surface area contributed by atoms with Crippen LogP contribution in [0.4, 0.5) is 5.82 Å². The van der Waals surface area contributed by atoms with Gasteiger partial charge in [-0.2, -0.15) is 10.2 Å². The molecular weight excluding hydrogens is 440 g/mol. The van der Waals surface area contributed by atoms with E-state index in [1.54, 1.807) is 11.0 Å². The summed E-state index contributed by atoms with van der Waals surface area (Å²) in [4.78, 5) is 29.6. The van der Waals surface area contributed by atoms with Gasteiger partial charge in [-0.1, -0.05) is 42.5 Å². The summed E-state index contributed by atoms with van der Waals surface area (Å²) in [5.74, 6) is 0.785. The van der Waals surface area contributed by atoms with Crippen molar-refractivity contribution in [1.82, 2.24) is 24.9 Å². The van der Waals surface area contributed by atoms with E-state index in [-0.39, 0.29) is 18.0 Å². The third-order valence-corrected chi connectivity index (χ3v) is 6.98. The van der Waals surface area contributed by atoms with Crippen LogP contribution >= 0.6 is 0 Å². The molecule has 8 nitrogen and oxygen atoms in total. The van der Waals surface area contributed by atoms with Gasteiger partial charge in [0.15, 0.2) is 5.82 Å². The Morgan fingerprint density at radius 3 is 2.60 bits per heavy atom. The average molecular weight is 467 g/mol. The van der Waals surface area contributed by atoms with Crippen LogP contribution in [0.15, 0.2) is 65.5 Å². The van der Waals surface area contributed by atoms with E-state index < -0.39 is 0 Å². The number of nitrogens with zero attached hydrogens (tertiary/aromatic N) is 6. The fourth-order valence-corrected chi connectivity index (χ4v) is 5.04. The number of anilines is 1. The van der Waals surface area contributed by atoms with Crippen LogP contribution in [-0.4, -0.2) is 57.0 Å². The topological polar surface area (TPSA) is 84.2 Å². The van der Waals surface area contributed by atoms with Crippen LogP contribution < -0.4 is 10.5 Å². The molecule has 2 aromatic heterocycles. The molecule has 0 radical (unpaired) electrons. The number of rotatable bonds is 4. The first kappa shape index (κ1) is 21.5. The Labute approximate surface area is 202 Å². The predicted molar refractivity (Wildman–Crippen MR) is 134 cm³/mol. The number of hydrogen-bond donors (Lipinski definition) is 0. The standard InChI is InChI=1S/C27H26N6O2/c34-26-12-11-24(22-9-3-6-19-5-1-2-8-21(19)22)30-33(26)18-27(35)32-15-13-31(14-16-32)25-17-20-7-4-10-23(20)28-29-25/h1-3,5-6,8-9,11-12,17H,4,7,10,13-16,18H2. The highest BCUT2D eigenvalue weighted by atomic mass is 16.2. The van der Waals surface area contributed by atoms with Gasteiger partial charge in [0.2, 0.25) is 5.91 Å². The van der Waals surface area contributed by atoms with Crippen LogP contribution in [0.25, 0.3) is 22.0 Å². The number of benzene rings is 2. The number of aromatic nitrogens is 4. The summed E-state index contributed by atoms with van der Waals surface area (Å²) in [5.41, 5.74) is 3.74. The van der Waals surface area contributed by atoms with Crippen LogP contribution in [0, 0.1) is 0 Å². The van der Waals surface area contributed by atoms with Crippen molar-refractivity contribution in [3.05, 3.63) is 82.3 Å². The fourth-order valence-electron chi connectivity index (χ4n) is 5.04. The zero-order valence-corrected chi connectivity index (χ0v) is 19.4. The maximum absolute atomic E-state index is 13.1. The average Bonchev–Trinajstić information content (AvgIpc) is 3.38. The van der Waals surface area contributed by atoms with Gasteiger partial charge in [-0.3, -0.25) is 9.59 Å². The Morgan fingerprint density at radius 2 is 1.71 bits per heavy atom. The molecule has 2 aliphatic rings. The van der Waals surface area contributed by atoms with Crippen LogP contribution in [-0.2, 0) is 24.2 Å². The molecule has 2 aromatic carbocycles. The lowest BCUT2D eigenvalue weighted by Crippen LogP contribution is -2.50. The van der Waals surface area contributed by atoms with E-state index in [2.05, 4.69) is 26.3 Å². The summed E-state index contributed by atoms with van der Waals surface area (Å²) in [7, 11) is 0. The van der Waals surface area contributed by atoms with Gasteiger partial charge in [0.1, 0.15) is 6.54 Å².